The topological polar surface area (TPSA) is 61.4 Å². The van der Waals surface area contributed by atoms with Gasteiger partial charge in [0.15, 0.2) is 11.5 Å². The van der Waals surface area contributed by atoms with Crippen LogP contribution >= 0.6 is 0 Å². The third-order valence-corrected chi connectivity index (χ3v) is 3.80. The highest BCUT2D eigenvalue weighted by Crippen LogP contribution is 2.26. The van der Waals surface area contributed by atoms with E-state index in [2.05, 4.69) is 14.8 Å². The van der Waals surface area contributed by atoms with Gasteiger partial charge in [0.05, 0.1) is 0 Å². The minimum atomic E-state index is -4.74. The molecule has 3 aromatic heterocycles. The lowest BCUT2D eigenvalue weighted by molar-refractivity contribution is -0.274. The van der Waals surface area contributed by atoms with Gasteiger partial charge in [0, 0.05) is 12.4 Å². The molecule has 0 saturated heterocycles. The minimum Gasteiger partial charge on any atom is -0.406 e. The van der Waals surface area contributed by atoms with E-state index in [0.717, 1.165) is 0 Å². The number of nitrogens with zero attached hydrogens (tertiary/aromatic N) is 4. The summed E-state index contributed by atoms with van der Waals surface area (Å²) in [4.78, 5) is 16.7. The number of hydrogen-bond acceptors (Lipinski definition) is 4. The molecule has 1 aromatic carbocycles. The van der Waals surface area contributed by atoms with Gasteiger partial charge in [0.25, 0.3) is 0 Å². The van der Waals surface area contributed by atoms with Gasteiger partial charge in [-0.15, -0.1) is 18.3 Å². The van der Waals surface area contributed by atoms with E-state index >= 15 is 0 Å². The molecule has 27 heavy (non-hydrogen) atoms. The fourth-order valence-corrected chi connectivity index (χ4v) is 2.62. The molecule has 6 nitrogen and oxygen atoms in total. The lowest BCUT2D eigenvalue weighted by atomic mass is 10.1. The molecule has 3 heterocycles. The maximum absolute atomic E-state index is 12.6. The molecule has 0 radical (unpaired) electrons. The predicted molar refractivity (Wildman–Crippen MR) is 90.7 cm³/mol. The molecule has 0 aliphatic rings. The molecule has 4 aromatic rings. The van der Waals surface area contributed by atoms with Crippen LogP contribution in [0.15, 0.2) is 71.8 Å². The summed E-state index contributed by atoms with van der Waals surface area (Å²) in [7, 11) is 0. The van der Waals surface area contributed by atoms with Crippen LogP contribution in [-0.4, -0.2) is 25.5 Å². The molecule has 0 fully saturated rings. The van der Waals surface area contributed by atoms with E-state index in [-0.39, 0.29) is 5.75 Å². The van der Waals surface area contributed by atoms with Crippen molar-refractivity contribution in [3.63, 3.8) is 0 Å². The molecule has 0 amide bonds. The second kappa shape index (κ2) is 6.27. The van der Waals surface area contributed by atoms with Crippen molar-refractivity contribution in [1.29, 1.82) is 0 Å². The number of aromatic nitrogens is 4. The molecule has 0 unspecified atom stereocenters. The van der Waals surface area contributed by atoms with E-state index in [9.17, 15) is 18.0 Å². The highest BCUT2D eigenvalue weighted by atomic mass is 19.4. The Morgan fingerprint density at radius 1 is 0.926 bits per heavy atom. The second-order valence-corrected chi connectivity index (χ2v) is 5.60. The van der Waals surface area contributed by atoms with E-state index in [1.54, 1.807) is 42.7 Å². The lowest BCUT2D eigenvalue weighted by Gasteiger charge is -2.09. The van der Waals surface area contributed by atoms with Crippen molar-refractivity contribution in [3.8, 4) is 22.7 Å². The van der Waals surface area contributed by atoms with Crippen molar-refractivity contribution in [3.05, 3.63) is 77.5 Å². The summed E-state index contributed by atoms with van der Waals surface area (Å²) in [5.74, 6) is 0.0777. The molecular weight excluding hydrogens is 361 g/mol. The first-order valence-corrected chi connectivity index (χ1v) is 7.80. The number of alkyl halides is 3. The number of rotatable bonds is 3. The monoisotopic (exact) mass is 372 g/mol. The first-order chi connectivity index (χ1) is 12.9. The molecule has 0 atom stereocenters. The molecule has 0 aliphatic carbocycles. The number of benzene rings is 1. The second-order valence-electron chi connectivity index (χ2n) is 5.60. The first-order valence-electron chi connectivity index (χ1n) is 7.80. The van der Waals surface area contributed by atoms with Crippen LogP contribution in [0.2, 0.25) is 0 Å². The summed E-state index contributed by atoms with van der Waals surface area (Å²) in [6.45, 7) is 0. The zero-order valence-electron chi connectivity index (χ0n) is 13.6. The van der Waals surface area contributed by atoms with Crippen LogP contribution in [0.5, 0.6) is 5.75 Å². The maximum Gasteiger partial charge on any atom is 0.573 e. The Hall–Kier alpha value is -3.62. The summed E-state index contributed by atoms with van der Waals surface area (Å²) in [5.41, 5.74) is 1.29. The van der Waals surface area contributed by atoms with Crippen molar-refractivity contribution in [2.75, 3.05) is 0 Å². The summed E-state index contributed by atoms with van der Waals surface area (Å²) < 4.78 is 43.1. The zero-order valence-corrected chi connectivity index (χ0v) is 13.6. The molecule has 9 heteroatoms. The molecule has 4 rings (SSSR count). The highest BCUT2D eigenvalue weighted by molar-refractivity contribution is 5.65. The Bertz CT molecular complexity index is 1150. The van der Waals surface area contributed by atoms with Gasteiger partial charge in [0.2, 0.25) is 0 Å². The Morgan fingerprint density at radius 3 is 2.33 bits per heavy atom. The predicted octanol–water partition coefficient (Wildman–Crippen LogP) is 3.45. The van der Waals surface area contributed by atoms with E-state index < -0.39 is 12.1 Å². The number of ether oxygens (including phenoxy) is 1. The summed E-state index contributed by atoms with van der Waals surface area (Å²) in [6.07, 6.45) is -1.61. The molecule has 0 N–H and O–H groups in total. The van der Waals surface area contributed by atoms with Crippen molar-refractivity contribution in [2.45, 2.75) is 6.36 Å². The quantitative estimate of drug-likeness (QED) is 0.553. The third kappa shape index (κ3) is 3.39. The van der Waals surface area contributed by atoms with Gasteiger partial charge in [-0.3, -0.25) is 0 Å². The largest absolute Gasteiger partial charge is 0.573 e. The van der Waals surface area contributed by atoms with Crippen molar-refractivity contribution >= 4 is 5.65 Å². The maximum atomic E-state index is 12.6. The van der Waals surface area contributed by atoms with E-state index in [1.807, 2.05) is 0 Å². The normalized spacial score (nSPS) is 11.7. The smallest absolute Gasteiger partial charge is 0.406 e. The van der Waals surface area contributed by atoms with Gasteiger partial charge < -0.3 is 4.74 Å². The van der Waals surface area contributed by atoms with Gasteiger partial charge in [-0.25, -0.2) is 14.2 Å². The Labute approximate surface area is 150 Å². The molecule has 136 valence electrons. The van der Waals surface area contributed by atoms with Crippen LogP contribution in [0.25, 0.3) is 22.6 Å². The van der Waals surface area contributed by atoms with Crippen molar-refractivity contribution in [2.24, 2.45) is 0 Å². The van der Waals surface area contributed by atoms with Gasteiger partial charge in [-0.1, -0.05) is 18.2 Å². The average Bonchev–Trinajstić information content (AvgIpc) is 2.98. The minimum absolute atomic E-state index is 0.313. The van der Waals surface area contributed by atoms with Gasteiger partial charge in [-0.2, -0.15) is 4.68 Å². The van der Waals surface area contributed by atoms with Gasteiger partial charge in [-0.05, 0) is 47.5 Å². The Kier molecular flexibility index (Phi) is 3.91. The van der Waals surface area contributed by atoms with Crippen LogP contribution in [0, 0.1) is 0 Å². The van der Waals surface area contributed by atoms with E-state index in [1.165, 1.54) is 33.3 Å². The van der Waals surface area contributed by atoms with E-state index in [4.69, 9.17) is 0 Å². The standard InChI is InChI=1S/C18H11F3N4O2/c19-18(20,21)27-14-7-4-12(5-8-14)13-6-9-16-23-25(17(26)24(16)11-13)15-3-1-2-10-22-15/h1-11H. The van der Waals surface area contributed by atoms with Crippen LogP contribution < -0.4 is 10.4 Å². The van der Waals surface area contributed by atoms with Crippen molar-refractivity contribution in [1.82, 2.24) is 19.2 Å². The van der Waals surface area contributed by atoms with E-state index in [0.29, 0.717) is 22.6 Å². The van der Waals surface area contributed by atoms with Crippen LogP contribution in [-0.2, 0) is 0 Å². The van der Waals surface area contributed by atoms with Crippen molar-refractivity contribution < 1.29 is 17.9 Å². The van der Waals surface area contributed by atoms with Crippen LogP contribution in [0.3, 0.4) is 0 Å². The average molecular weight is 372 g/mol. The lowest BCUT2D eigenvalue weighted by Crippen LogP contribution is -2.20. The molecule has 0 saturated carbocycles. The third-order valence-electron chi connectivity index (χ3n) is 3.80. The molecular formula is C18H11F3N4O2. The fraction of sp³-hybridized carbons (Fsp3) is 0.0556. The van der Waals surface area contributed by atoms with Gasteiger partial charge in [0.1, 0.15) is 5.75 Å². The number of pyridine rings is 2. The number of hydrogen-bond donors (Lipinski definition) is 0. The van der Waals surface area contributed by atoms with Crippen LogP contribution in [0.1, 0.15) is 0 Å². The number of fused-ring (bicyclic) bond motifs is 1. The highest BCUT2D eigenvalue weighted by Gasteiger charge is 2.30. The van der Waals surface area contributed by atoms with Crippen LogP contribution in [0.4, 0.5) is 13.2 Å². The first kappa shape index (κ1) is 16.8. The summed E-state index contributed by atoms with van der Waals surface area (Å²) in [5, 5.41) is 4.23. The molecule has 0 bridgehead atoms. The Balaban J connectivity index is 1.72. The molecule has 0 aliphatic heterocycles. The Morgan fingerprint density at radius 2 is 1.67 bits per heavy atom. The fourth-order valence-electron chi connectivity index (χ4n) is 2.62. The summed E-state index contributed by atoms with van der Waals surface area (Å²) in [6, 6.07) is 13.9. The summed E-state index contributed by atoms with van der Waals surface area (Å²) >= 11 is 0. The zero-order chi connectivity index (χ0) is 19.0. The number of halogens is 3. The SMILES string of the molecule is O=c1n(-c2ccccn2)nc2ccc(-c3ccc(OC(F)(F)F)cc3)cn12. The molecule has 0 spiro atoms. The van der Waals surface area contributed by atoms with Gasteiger partial charge >= 0.3 is 12.1 Å².